The molecule has 0 aliphatic carbocycles. The Balaban J connectivity index is 1.61. The molecule has 1 aliphatic heterocycles. The molecular formula is C24H20FN3O5S2. The van der Waals surface area contributed by atoms with Crippen molar-refractivity contribution in [2.75, 3.05) is 17.3 Å². The predicted molar refractivity (Wildman–Crippen MR) is 133 cm³/mol. The monoisotopic (exact) mass is 513 g/mol. The Morgan fingerprint density at radius 2 is 1.80 bits per heavy atom. The minimum atomic E-state index is -4.24. The number of amidine groups is 1. The second kappa shape index (κ2) is 10.3. The average molecular weight is 514 g/mol. The van der Waals surface area contributed by atoms with Crippen LogP contribution in [0.2, 0.25) is 0 Å². The number of nitrogens with one attached hydrogen (secondary N) is 1. The number of hydrogen-bond donors (Lipinski definition) is 1. The summed E-state index contributed by atoms with van der Waals surface area (Å²) in [5.41, 5.74) is 0.909. The summed E-state index contributed by atoms with van der Waals surface area (Å²) < 4.78 is 48.0. The van der Waals surface area contributed by atoms with Gasteiger partial charge in [-0.2, -0.15) is 8.42 Å². The van der Waals surface area contributed by atoms with E-state index in [9.17, 15) is 22.4 Å². The molecule has 2 amide bonds. The summed E-state index contributed by atoms with van der Waals surface area (Å²) >= 11 is 0.881. The largest absolute Gasteiger partial charge is 0.497 e. The number of anilines is 2. The standard InChI is InChI=1S/C24H20FN3O5S2/c1-33-19-9-5-6-17(14-19)26-22(29)15-21-23(30)28(18-7-3-2-4-8-18)24(34-21)27-35(31,32)20-12-10-16(25)11-13-20/h2-14,21H,15H2,1H3,(H,26,29). The topological polar surface area (TPSA) is 105 Å². The molecule has 11 heteroatoms. The molecule has 1 heterocycles. The van der Waals surface area contributed by atoms with Gasteiger partial charge >= 0.3 is 0 Å². The Kier molecular flexibility index (Phi) is 7.17. The molecule has 8 nitrogen and oxygen atoms in total. The first kappa shape index (κ1) is 24.4. The van der Waals surface area contributed by atoms with E-state index in [2.05, 4.69) is 9.71 Å². The summed E-state index contributed by atoms with van der Waals surface area (Å²) in [5.74, 6) is -0.936. The highest BCUT2D eigenvalue weighted by Gasteiger charge is 2.41. The number of rotatable bonds is 7. The first-order valence-corrected chi connectivity index (χ1v) is 12.7. The minimum absolute atomic E-state index is 0.0929. The van der Waals surface area contributed by atoms with Crippen molar-refractivity contribution in [2.24, 2.45) is 4.40 Å². The van der Waals surface area contributed by atoms with Crippen LogP contribution in [0.4, 0.5) is 15.8 Å². The third kappa shape index (κ3) is 5.69. The van der Waals surface area contributed by atoms with Gasteiger partial charge in [0, 0.05) is 18.2 Å². The maximum Gasteiger partial charge on any atom is 0.284 e. The third-order valence-electron chi connectivity index (χ3n) is 4.98. The van der Waals surface area contributed by atoms with Crippen LogP contribution in [0.15, 0.2) is 88.2 Å². The fraction of sp³-hybridized carbons (Fsp3) is 0.125. The SMILES string of the molecule is COc1cccc(NC(=O)CC2SC(=NS(=O)(=O)c3ccc(F)cc3)N(c3ccccc3)C2=O)c1. The number of amides is 2. The van der Waals surface area contributed by atoms with E-state index >= 15 is 0 Å². The fourth-order valence-corrected chi connectivity index (χ4v) is 5.65. The van der Waals surface area contributed by atoms with Gasteiger partial charge in [-0.15, -0.1) is 4.40 Å². The molecule has 0 saturated carbocycles. The molecule has 1 aliphatic rings. The van der Waals surface area contributed by atoms with E-state index in [1.807, 2.05) is 0 Å². The number of carbonyl (C=O) groups is 2. The second-order valence-corrected chi connectivity index (χ2v) is 10.2. The summed E-state index contributed by atoms with van der Waals surface area (Å²) in [6, 6.07) is 19.4. The molecule has 3 aromatic rings. The Hall–Kier alpha value is -3.70. The number of thioether (sulfide) groups is 1. The van der Waals surface area contributed by atoms with E-state index in [-0.39, 0.29) is 16.5 Å². The van der Waals surface area contributed by atoms with E-state index in [1.54, 1.807) is 54.6 Å². The van der Waals surface area contributed by atoms with Gasteiger partial charge in [-0.1, -0.05) is 36.0 Å². The number of sulfonamides is 1. The van der Waals surface area contributed by atoms with Crippen molar-refractivity contribution in [1.82, 2.24) is 0 Å². The van der Waals surface area contributed by atoms with Crippen LogP contribution in [0.5, 0.6) is 5.75 Å². The molecular weight excluding hydrogens is 493 g/mol. The highest BCUT2D eigenvalue weighted by molar-refractivity contribution is 8.16. The van der Waals surface area contributed by atoms with Gasteiger partial charge in [-0.05, 0) is 48.5 Å². The van der Waals surface area contributed by atoms with Gasteiger partial charge in [-0.25, -0.2) is 4.39 Å². The van der Waals surface area contributed by atoms with Crippen LogP contribution < -0.4 is 15.0 Å². The minimum Gasteiger partial charge on any atom is -0.497 e. The van der Waals surface area contributed by atoms with E-state index in [0.717, 1.165) is 36.0 Å². The smallest absolute Gasteiger partial charge is 0.284 e. The summed E-state index contributed by atoms with van der Waals surface area (Å²) in [7, 11) is -2.73. The Morgan fingerprint density at radius 3 is 2.49 bits per heavy atom. The third-order valence-corrected chi connectivity index (χ3v) is 7.52. The van der Waals surface area contributed by atoms with Gasteiger partial charge in [0.1, 0.15) is 16.8 Å². The number of para-hydroxylation sites is 1. The summed E-state index contributed by atoms with van der Waals surface area (Å²) in [6.07, 6.45) is -0.209. The van der Waals surface area contributed by atoms with Crippen LogP contribution in [-0.2, 0) is 19.6 Å². The van der Waals surface area contributed by atoms with Gasteiger partial charge in [0.2, 0.25) is 11.8 Å². The fourth-order valence-electron chi connectivity index (χ4n) is 3.32. The van der Waals surface area contributed by atoms with E-state index in [4.69, 9.17) is 4.74 Å². The lowest BCUT2D eigenvalue weighted by atomic mass is 10.2. The zero-order chi connectivity index (χ0) is 25.0. The molecule has 4 rings (SSSR count). The molecule has 1 fully saturated rings. The molecule has 0 aromatic heterocycles. The van der Waals surface area contributed by atoms with Crippen LogP contribution in [0, 0.1) is 5.82 Å². The molecule has 1 N–H and O–H groups in total. The average Bonchev–Trinajstić information content (AvgIpc) is 3.13. The molecule has 0 bridgehead atoms. The predicted octanol–water partition coefficient (Wildman–Crippen LogP) is 4.06. The zero-order valence-electron chi connectivity index (χ0n) is 18.4. The summed E-state index contributed by atoms with van der Waals surface area (Å²) in [5, 5.41) is 1.72. The second-order valence-electron chi connectivity index (χ2n) is 7.40. The quantitative estimate of drug-likeness (QED) is 0.511. The zero-order valence-corrected chi connectivity index (χ0v) is 20.1. The van der Waals surface area contributed by atoms with Crippen molar-refractivity contribution in [1.29, 1.82) is 0 Å². The number of benzene rings is 3. The lowest BCUT2D eigenvalue weighted by molar-refractivity contribution is -0.121. The molecule has 180 valence electrons. The molecule has 35 heavy (non-hydrogen) atoms. The van der Waals surface area contributed by atoms with Crippen LogP contribution in [-0.4, -0.2) is 37.8 Å². The normalized spacial score (nSPS) is 17.0. The van der Waals surface area contributed by atoms with Crippen molar-refractivity contribution in [3.8, 4) is 5.75 Å². The van der Waals surface area contributed by atoms with Crippen LogP contribution >= 0.6 is 11.8 Å². The van der Waals surface area contributed by atoms with Gasteiger partial charge < -0.3 is 10.1 Å². The van der Waals surface area contributed by atoms with Crippen LogP contribution in [0.25, 0.3) is 0 Å². The van der Waals surface area contributed by atoms with Crippen molar-refractivity contribution >= 4 is 50.1 Å². The van der Waals surface area contributed by atoms with E-state index in [1.165, 1.54) is 12.0 Å². The Bertz CT molecular complexity index is 1380. The first-order chi connectivity index (χ1) is 16.8. The van der Waals surface area contributed by atoms with Gasteiger partial charge in [0.15, 0.2) is 5.17 Å². The molecule has 1 saturated heterocycles. The summed E-state index contributed by atoms with van der Waals surface area (Å²) in [6.45, 7) is 0. The van der Waals surface area contributed by atoms with E-state index < -0.39 is 32.9 Å². The van der Waals surface area contributed by atoms with Crippen molar-refractivity contribution in [3.63, 3.8) is 0 Å². The number of ether oxygens (including phenoxy) is 1. The lowest BCUT2D eigenvalue weighted by Crippen LogP contribution is -2.33. The Morgan fingerprint density at radius 1 is 1.09 bits per heavy atom. The number of methoxy groups -OCH3 is 1. The molecule has 1 atom stereocenters. The van der Waals surface area contributed by atoms with Gasteiger partial charge in [0.25, 0.3) is 10.0 Å². The van der Waals surface area contributed by atoms with Crippen molar-refractivity contribution in [2.45, 2.75) is 16.6 Å². The maximum absolute atomic E-state index is 13.3. The number of carbonyl (C=O) groups excluding carboxylic acids is 2. The molecule has 0 spiro atoms. The maximum atomic E-state index is 13.3. The number of nitrogens with zero attached hydrogens (tertiary/aromatic N) is 2. The summed E-state index contributed by atoms with van der Waals surface area (Å²) in [4.78, 5) is 26.9. The van der Waals surface area contributed by atoms with Gasteiger partial charge in [0.05, 0.1) is 17.7 Å². The molecule has 1 unspecified atom stereocenters. The Labute approximate surface area is 205 Å². The molecule has 0 radical (unpaired) electrons. The first-order valence-electron chi connectivity index (χ1n) is 10.4. The highest BCUT2D eigenvalue weighted by atomic mass is 32.2. The van der Waals surface area contributed by atoms with Gasteiger partial charge in [-0.3, -0.25) is 14.5 Å². The van der Waals surface area contributed by atoms with Crippen molar-refractivity contribution < 1.29 is 27.1 Å². The number of hydrogen-bond acceptors (Lipinski definition) is 6. The molecule has 3 aromatic carbocycles. The van der Waals surface area contributed by atoms with Crippen LogP contribution in [0.1, 0.15) is 6.42 Å². The van der Waals surface area contributed by atoms with Crippen molar-refractivity contribution in [3.05, 3.63) is 84.7 Å². The number of halogens is 1. The van der Waals surface area contributed by atoms with E-state index in [0.29, 0.717) is 17.1 Å². The lowest BCUT2D eigenvalue weighted by Gasteiger charge is -2.16. The van der Waals surface area contributed by atoms with Crippen LogP contribution in [0.3, 0.4) is 0 Å². The highest BCUT2D eigenvalue weighted by Crippen LogP contribution is 2.35.